The van der Waals surface area contributed by atoms with Crippen LogP contribution in [0.3, 0.4) is 0 Å². The highest BCUT2D eigenvalue weighted by Crippen LogP contribution is 2.44. The highest BCUT2D eigenvalue weighted by atomic mass is 16.5. The van der Waals surface area contributed by atoms with Gasteiger partial charge in [-0.05, 0) is 53.4 Å². The molecule has 7 N–H and O–H groups in total. The second-order valence-corrected chi connectivity index (χ2v) is 11.7. The van der Waals surface area contributed by atoms with Crippen molar-refractivity contribution in [3.8, 4) is 11.1 Å². The van der Waals surface area contributed by atoms with Gasteiger partial charge in [-0.25, -0.2) is 14.4 Å². The third-order valence-corrected chi connectivity index (χ3v) is 7.49. The summed E-state index contributed by atoms with van der Waals surface area (Å²) in [5.74, 6) is -3.02. The van der Waals surface area contributed by atoms with Crippen LogP contribution in [0.5, 0.6) is 0 Å². The molecular formula is C32H43N5O7. The van der Waals surface area contributed by atoms with Crippen molar-refractivity contribution in [3.05, 3.63) is 59.7 Å². The topological polar surface area (TPSA) is 189 Å². The van der Waals surface area contributed by atoms with Crippen molar-refractivity contribution in [1.29, 1.82) is 0 Å². The van der Waals surface area contributed by atoms with E-state index in [1.165, 1.54) is 0 Å². The lowest BCUT2D eigenvalue weighted by Gasteiger charge is -2.27. The second kappa shape index (κ2) is 15.7. The number of alkyl carbamates (subject to hydrolysis) is 1. The van der Waals surface area contributed by atoms with E-state index in [9.17, 15) is 29.1 Å². The molecule has 3 rings (SSSR count). The van der Waals surface area contributed by atoms with E-state index in [-0.39, 0.29) is 50.2 Å². The Kier molecular flexibility index (Phi) is 12.1. The summed E-state index contributed by atoms with van der Waals surface area (Å²) in [7, 11) is 0. The molecule has 44 heavy (non-hydrogen) atoms. The average molecular weight is 610 g/mol. The van der Waals surface area contributed by atoms with E-state index >= 15 is 0 Å². The van der Waals surface area contributed by atoms with Crippen molar-refractivity contribution in [2.75, 3.05) is 13.2 Å². The number of carbonyl (C=O) groups excluding carboxylic acids is 4. The van der Waals surface area contributed by atoms with Gasteiger partial charge in [0.25, 0.3) is 0 Å². The number of carbonyl (C=O) groups is 5. The molecule has 0 saturated carbocycles. The number of carboxylic acids is 1. The molecule has 0 heterocycles. The first-order valence-electron chi connectivity index (χ1n) is 14.9. The van der Waals surface area contributed by atoms with Crippen LogP contribution >= 0.6 is 0 Å². The van der Waals surface area contributed by atoms with Gasteiger partial charge in [0.15, 0.2) is 0 Å². The Morgan fingerprint density at radius 3 is 1.95 bits per heavy atom. The van der Waals surface area contributed by atoms with Gasteiger partial charge in [0.05, 0.1) is 0 Å². The van der Waals surface area contributed by atoms with Gasteiger partial charge in [-0.2, -0.15) is 0 Å². The summed E-state index contributed by atoms with van der Waals surface area (Å²) in [5, 5.41) is 19.8. The van der Waals surface area contributed by atoms with Crippen LogP contribution in [0.2, 0.25) is 0 Å². The zero-order valence-electron chi connectivity index (χ0n) is 25.6. The predicted octanol–water partition coefficient (Wildman–Crippen LogP) is 3.10. The number of hydrogen-bond donors (Lipinski definition) is 6. The lowest BCUT2D eigenvalue weighted by Crippen LogP contribution is -2.57. The monoisotopic (exact) mass is 609 g/mol. The van der Waals surface area contributed by atoms with Crippen LogP contribution in [-0.4, -0.2) is 66.3 Å². The Bertz CT molecular complexity index is 1300. The minimum Gasteiger partial charge on any atom is -0.480 e. The van der Waals surface area contributed by atoms with Gasteiger partial charge in [0.2, 0.25) is 11.8 Å². The SMILES string of the molecule is CC(C)C[C@H](NC(=O)OCC1c2ccccc2-c2ccccc21)C(=O)N[C@H](C(=O)N[C@@H](CCCNC(N)=O)C(=O)O)C(C)C. The quantitative estimate of drug-likeness (QED) is 0.167. The number of rotatable bonds is 15. The number of hydrogen-bond acceptors (Lipinski definition) is 6. The Morgan fingerprint density at radius 2 is 1.43 bits per heavy atom. The van der Waals surface area contributed by atoms with Gasteiger partial charge < -0.3 is 36.8 Å². The summed E-state index contributed by atoms with van der Waals surface area (Å²) in [5.41, 5.74) is 9.34. The fourth-order valence-corrected chi connectivity index (χ4v) is 5.31. The normalized spacial score (nSPS) is 14.1. The molecule has 0 spiro atoms. The highest BCUT2D eigenvalue weighted by molar-refractivity contribution is 5.93. The first-order valence-corrected chi connectivity index (χ1v) is 14.9. The molecule has 12 nitrogen and oxygen atoms in total. The van der Waals surface area contributed by atoms with E-state index in [1.807, 2.05) is 62.4 Å². The number of benzene rings is 2. The smallest absolute Gasteiger partial charge is 0.407 e. The first-order chi connectivity index (χ1) is 20.9. The molecule has 0 fully saturated rings. The fourth-order valence-electron chi connectivity index (χ4n) is 5.31. The van der Waals surface area contributed by atoms with E-state index in [1.54, 1.807) is 13.8 Å². The lowest BCUT2D eigenvalue weighted by molar-refractivity contribution is -0.142. The van der Waals surface area contributed by atoms with E-state index in [2.05, 4.69) is 21.3 Å². The summed E-state index contributed by atoms with van der Waals surface area (Å²) < 4.78 is 5.63. The molecule has 12 heteroatoms. The minimum absolute atomic E-state index is 0.0244. The third kappa shape index (κ3) is 9.19. The molecular weight excluding hydrogens is 566 g/mol. The van der Waals surface area contributed by atoms with Crippen LogP contribution in [0.1, 0.15) is 64.0 Å². The molecule has 238 valence electrons. The van der Waals surface area contributed by atoms with Gasteiger partial charge in [0.1, 0.15) is 24.7 Å². The number of carboxylic acid groups (broad SMARTS) is 1. The second-order valence-electron chi connectivity index (χ2n) is 11.7. The van der Waals surface area contributed by atoms with E-state index in [0.29, 0.717) is 0 Å². The number of nitrogens with one attached hydrogen (secondary N) is 4. The number of nitrogens with two attached hydrogens (primary N) is 1. The molecule has 0 bridgehead atoms. The molecule has 1 aliphatic carbocycles. The lowest BCUT2D eigenvalue weighted by atomic mass is 9.98. The molecule has 2 aromatic carbocycles. The number of primary amides is 1. The van der Waals surface area contributed by atoms with Crippen LogP contribution in [0, 0.1) is 11.8 Å². The Morgan fingerprint density at radius 1 is 0.841 bits per heavy atom. The number of urea groups is 1. The van der Waals surface area contributed by atoms with E-state index < -0.39 is 48.0 Å². The van der Waals surface area contributed by atoms with Crippen molar-refractivity contribution in [3.63, 3.8) is 0 Å². The standard InChI is InChI=1S/C32H43N5O7/c1-18(2)16-26(28(38)37-27(19(3)4)29(39)35-25(30(40)41)14-9-15-34-31(33)42)36-32(43)44-17-24-22-12-7-5-10-20(22)21-11-6-8-13-23(21)24/h5-8,10-13,18-19,24-27H,9,14-17H2,1-4H3,(H,35,39)(H,36,43)(H,37,38)(H,40,41)(H3,33,34,42)/t25-,26-,27-/m0/s1. The van der Waals surface area contributed by atoms with Gasteiger partial charge in [-0.3, -0.25) is 9.59 Å². The number of aliphatic carboxylic acids is 1. The largest absolute Gasteiger partial charge is 0.480 e. The molecule has 0 saturated heterocycles. The molecule has 2 aromatic rings. The number of fused-ring (bicyclic) bond motifs is 3. The van der Waals surface area contributed by atoms with E-state index in [0.717, 1.165) is 22.3 Å². The molecule has 5 amide bonds. The van der Waals surface area contributed by atoms with Gasteiger partial charge >= 0.3 is 18.1 Å². The first kappa shape index (κ1) is 33.9. The molecule has 3 atom stereocenters. The summed E-state index contributed by atoms with van der Waals surface area (Å²) in [6.45, 7) is 7.46. The van der Waals surface area contributed by atoms with Crippen molar-refractivity contribution >= 4 is 29.9 Å². The molecule has 0 aliphatic heterocycles. The maximum atomic E-state index is 13.4. The zero-order valence-corrected chi connectivity index (χ0v) is 25.6. The van der Waals surface area contributed by atoms with Gasteiger partial charge in [0, 0.05) is 12.5 Å². The number of amides is 5. The Labute approximate surface area is 257 Å². The fraction of sp³-hybridized carbons (Fsp3) is 0.469. The van der Waals surface area contributed by atoms with Gasteiger partial charge in [-0.1, -0.05) is 76.2 Å². The van der Waals surface area contributed by atoms with Crippen LogP contribution in [-0.2, 0) is 19.1 Å². The van der Waals surface area contributed by atoms with Crippen LogP contribution in [0.25, 0.3) is 11.1 Å². The predicted molar refractivity (Wildman–Crippen MR) is 165 cm³/mol. The zero-order chi connectivity index (χ0) is 32.4. The van der Waals surface area contributed by atoms with Gasteiger partial charge in [-0.15, -0.1) is 0 Å². The van der Waals surface area contributed by atoms with E-state index in [4.69, 9.17) is 10.5 Å². The van der Waals surface area contributed by atoms with Crippen LogP contribution < -0.4 is 27.0 Å². The maximum Gasteiger partial charge on any atom is 0.407 e. The maximum absolute atomic E-state index is 13.4. The number of ether oxygens (including phenoxy) is 1. The molecule has 0 radical (unpaired) electrons. The van der Waals surface area contributed by atoms with Crippen molar-refractivity contribution in [2.45, 2.75) is 71.0 Å². The third-order valence-electron chi connectivity index (χ3n) is 7.49. The summed E-state index contributed by atoms with van der Waals surface area (Å²) >= 11 is 0. The van der Waals surface area contributed by atoms with Crippen LogP contribution in [0.4, 0.5) is 9.59 Å². The summed E-state index contributed by atoms with van der Waals surface area (Å²) in [4.78, 5) is 62.1. The summed E-state index contributed by atoms with van der Waals surface area (Å²) in [6, 6.07) is 11.9. The molecule has 0 unspecified atom stereocenters. The molecule has 0 aromatic heterocycles. The van der Waals surface area contributed by atoms with Crippen molar-refractivity contribution in [1.82, 2.24) is 21.3 Å². The summed E-state index contributed by atoms with van der Waals surface area (Å²) in [6.07, 6.45) is -0.167. The highest BCUT2D eigenvalue weighted by Gasteiger charge is 2.33. The Balaban J connectivity index is 1.63. The molecule has 1 aliphatic rings. The van der Waals surface area contributed by atoms with Crippen molar-refractivity contribution in [2.24, 2.45) is 17.6 Å². The van der Waals surface area contributed by atoms with Crippen molar-refractivity contribution < 1.29 is 33.8 Å². The van der Waals surface area contributed by atoms with Crippen LogP contribution in [0.15, 0.2) is 48.5 Å². The minimum atomic E-state index is -1.25. The Hall–Kier alpha value is -4.61. The average Bonchev–Trinajstić information content (AvgIpc) is 3.28.